The molecule has 1 aliphatic rings. The number of aliphatic hydroxyl groups is 1. The highest BCUT2D eigenvalue weighted by Crippen LogP contribution is 2.35. The molecule has 1 aromatic rings. The van der Waals surface area contributed by atoms with Gasteiger partial charge in [0, 0.05) is 18.5 Å². The van der Waals surface area contributed by atoms with Crippen molar-refractivity contribution in [2.24, 2.45) is 5.41 Å². The lowest BCUT2D eigenvalue weighted by Crippen LogP contribution is -2.43. The minimum absolute atomic E-state index is 0.0332. The van der Waals surface area contributed by atoms with Gasteiger partial charge in [0.15, 0.2) is 0 Å². The topological polar surface area (TPSA) is 32.7 Å². The first-order chi connectivity index (χ1) is 10.1. The monoisotopic (exact) mass is 291 g/mol. The number of ether oxygens (including phenoxy) is 1. The number of nitrogens with zero attached hydrogens (tertiary/aromatic N) is 1. The van der Waals surface area contributed by atoms with E-state index in [4.69, 9.17) is 4.74 Å². The zero-order chi connectivity index (χ0) is 15.3. The van der Waals surface area contributed by atoms with Crippen molar-refractivity contribution in [3.63, 3.8) is 0 Å². The Morgan fingerprint density at radius 3 is 2.67 bits per heavy atom. The third-order valence-electron chi connectivity index (χ3n) is 4.81. The fraction of sp³-hybridized carbons (Fsp3) is 0.667. The molecule has 3 heteroatoms. The van der Waals surface area contributed by atoms with Crippen molar-refractivity contribution in [1.82, 2.24) is 4.90 Å². The van der Waals surface area contributed by atoms with E-state index in [-0.39, 0.29) is 17.7 Å². The van der Waals surface area contributed by atoms with Gasteiger partial charge in [-0.1, -0.05) is 57.5 Å². The molecule has 1 N–H and O–H groups in total. The minimum Gasteiger partial charge on any atom is -0.393 e. The summed E-state index contributed by atoms with van der Waals surface area (Å²) < 4.78 is 5.93. The molecular weight excluding hydrogens is 262 g/mol. The van der Waals surface area contributed by atoms with E-state index in [1.807, 2.05) is 6.07 Å². The summed E-state index contributed by atoms with van der Waals surface area (Å²) in [4.78, 5) is 2.37. The second-order valence-corrected chi connectivity index (χ2v) is 6.42. The van der Waals surface area contributed by atoms with Crippen LogP contribution in [0.4, 0.5) is 0 Å². The van der Waals surface area contributed by atoms with Crippen molar-refractivity contribution in [3.05, 3.63) is 35.9 Å². The lowest BCUT2D eigenvalue weighted by molar-refractivity contribution is -0.0335. The Morgan fingerprint density at radius 2 is 2.05 bits per heavy atom. The first-order valence-electron chi connectivity index (χ1n) is 8.19. The quantitative estimate of drug-likeness (QED) is 0.833. The number of hydrogen-bond donors (Lipinski definition) is 1. The van der Waals surface area contributed by atoms with Crippen LogP contribution in [0.1, 0.15) is 51.8 Å². The van der Waals surface area contributed by atoms with Gasteiger partial charge < -0.3 is 9.84 Å². The van der Waals surface area contributed by atoms with Crippen LogP contribution in [-0.4, -0.2) is 35.8 Å². The molecule has 3 nitrogen and oxygen atoms in total. The smallest absolute Gasteiger partial charge is 0.136 e. The molecule has 0 radical (unpaired) electrons. The zero-order valence-corrected chi connectivity index (χ0v) is 13.6. The van der Waals surface area contributed by atoms with Gasteiger partial charge in [0.1, 0.15) is 6.23 Å². The number of benzene rings is 1. The van der Waals surface area contributed by atoms with E-state index in [1.54, 1.807) is 0 Å². The maximum absolute atomic E-state index is 10.5. The fourth-order valence-electron chi connectivity index (χ4n) is 3.13. The van der Waals surface area contributed by atoms with Crippen molar-refractivity contribution in [3.8, 4) is 0 Å². The normalized spacial score (nSPS) is 23.9. The van der Waals surface area contributed by atoms with E-state index < -0.39 is 0 Å². The zero-order valence-electron chi connectivity index (χ0n) is 13.6. The first-order valence-corrected chi connectivity index (χ1v) is 8.19. The fourth-order valence-corrected chi connectivity index (χ4v) is 3.13. The van der Waals surface area contributed by atoms with E-state index >= 15 is 0 Å². The second kappa shape index (κ2) is 7.39. The molecule has 0 saturated carbocycles. The number of aliphatic hydroxyl groups excluding tert-OH is 1. The van der Waals surface area contributed by atoms with Crippen LogP contribution >= 0.6 is 0 Å². The molecule has 3 atom stereocenters. The average Bonchev–Trinajstić information content (AvgIpc) is 2.96. The van der Waals surface area contributed by atoms with Crippen LogP contribution in [0.25, 0.3) is 0 Å². The summed E-state index contributed by atoms with van der Waals surface area (Å²) in [6.45, 7) is 9.09. The summed E-state index contributed by atoms with van der Waals surface area (Å²) in [5.41, 5.74) is 1.13. The number of hydrogen-bond acceptors (Lipinski definition) is 3. The Hall–Kier alpha value is -0.900. The average molecular weight is 291 g/mol. The van der Waals surface area contributed by atoms with Crippen LogP contribution in [0.3, 0.4) is 0 Å². The Morgan fingerprint density at radius 1 is 1.33 bits per heavy atom. The van der Waals surface area contributed by atoms with E-state index in [0.717, 1.165) is 39.0 Å². The summed E-state index contributed by atoms with van der Waals surface area (Å²) in [6, 6.07) is 10.4. The molecule has 118 valence electrons. The highest BCUT2D eigenvalue weighted by molar-refractivity contribution is 5.18. The van der Waals surface area contributed by atoms with Gasteiger partial charge in [-0.05, 0) is 18.4 Å². The lowest BCUT2D eigenvalue weighted by Gasteiger charge is -2.38. The minimum atomic E-state index is -0.246. The van der Waals surface area contributed by atoms with Crippen molar-refractivity contribution < 1.29 is 9.84 Å². The summed E-state index contributed by atoms with van der Waals surface area (Å²) in [5, 5.41) is 10.5. The molecule has 21 heavy (non-hydrogen) atoms. The van der Waals surface area contributed by atoms with E-state index in [1.165, 1.54) is 5.56 Å². The van der Waals surface area contributed by atoms with Gasteiger partial charge in [0.25, 0.3) is 0 Å². The summed E-state index contributed by atoms with van der Waals surface area (Å²) in [7, 11) is 0. The standard InChI is InChI=1S/C18H29NO2/c1-4-9-16(20)18(3,5-2)14-19-12-13-21-17(19)15-10-7-6-8-11-15/h6-8,10-11,16-17,20H,4-5,9,12-14H2,1-3H3. The van der Waals surface area contributed by atoms with E-state index in [9.17, 15) is 5.11 Å². The maximum atomic E-state index is 10.5. The van der Waals surface area contributed by atoms with Crippen LogP contribution in [0.5, 0.6) is 0 Å². The second-order valence-electron chi connectivity index (χ2n) is 6.42. The summed E-state index contributed by atoms with van der Waals surface area (Å²) >= 11 is 0. The van der Waals surface area contributed by atoms with Crippen LogP contribution in [0, 0.1) is 5.41 Å². The van der Waals surface area contributed by atoms with Gasteiger partial charge in [-0.3, -0.25) is 4.90 Å². The molecular formula is C18H29NO2. The third kappa shape index (κ3) is 3.85. The van der Waals surface area contributed by atoms with Gasteiger partial charge in [-0.15, -0.1) is 0 Å². The predicted molar refractivity (Wildman–Crippen MR) is 86.0 cm³/mol. The molecule has 1 aromatic carbocycles. The van der Waals surface area contributed by atoms with Crippen LogP contribution in [-0.2, 0) is 4.74 Å². The van der Waals surface area contributed by atoms with Gasteiger partial charge >= 0.3 is 0 Å². The molecule has 0 aromatic heterocycles. The van der Waals surface area contributed by atoms with E-state index in [0.29, 0.717) is 0 Å². The molecule has 1 aliphatic heterocycles. The highest BCUT2D eigenvalue weighted by atomic mass is 16.5. The molecule has 0 aliphatic carbocycles. The Labute approximate surface area is 128 Å². The van der Waals surface area contributed by atoms with Gasteiger partial charge in [0.2, 0.25) is 0 Å². The Bertz CT molecular complexity index is 422. The molecule has 0 spiro atoms. The maximum Gasteiger partial charge on any atom is 0.136 e. The first kappa shape index (κ1) is 16.5. The van der Waals surface area contributed by atoms with Gasteiger partial charge in [-0.2, -0.15) is 0 Å². The van der Waals surface area contributed by atoms with Crippen molar-refractivity contribution in [1.29, 1.82) is 0 Å². The largest absolute Gasteiger partial charge is 0.393 e. The van der Waals surface area contributed by atoms with E-state index in [2.05, 4.69) is 49.9 Å². The Balaban J connectivity index is 2.09. The summed E-state index contributed by atoms with van der Waals surface area (Å²) in [6.07, 6.45) is 2.66. The van der Waals surface area contributed by atoms with Crippen molar-refractivity contribution >= 4 is 0 Å². The molecule has 1 fully saturated rings. The van der Waals surface area contributed by atoms with Crippen molar-refractivity contribution in [2.75, 3.05) is 19.7 Å². The molecule has 0 bridgehead atoms. The summed E-state index contributed by atoms with van der Waals surface area (Å²) in [5.74, 6) is 0. The molecule has 1 saturated heterocycles. The van der Waals surface area contributed by atoms with Crippen LogP contribution in [0.15, 0.2) is 30.3 Å². The molecule has 3 unspecified atom stereocenters. The predicted octanol–water partition coefficient (Wildman–Crippen LogP) is 3.59. The Kier molecular flexibility index (Phi) is 5.80. The third-order valence-corrected chi connectivity index (χ3v) is 4.81. The molecule has 1 heterocycles. The number of rotatable bonds is 7. The van der Waals surface area contributed by atoms with Crippen LogP contribution < -0.4 is 0 Å². The van der Waals surface area contributed by atoms with Crippen molar-refractivity contribution in [2.45, 2.75) is 52.4 Å². The SMILES string of the molecule is CCCC(O)C(C)(CC)CN1CCOC1c1ccccc1. The molecule has 2 rings (SSSR count). The van der Waals surface area contributed by atoms with Gasteiger partial charge in [-0.25, -0.2) is 0 Å². The molecule has 0 amide bonds. The lowest BCUT2D eigenvalue weighted by atomic mass is 9.79. The highest BCUT2D eigenvalue weighted by Gasteiger charge is 2.37. The van der Waals surface area contributed by atoms with Crippen LogP contribution in [0.2, 0.25) is 0 Å². The van der Waals surface area contributed by atoms with Gasteiger partial charge in [0.05, 0.1) is 12.7 Å².